The summed E-state index contributed by atoms with van der Waals surface area (Å²) in [5.41, 5.74) is 0.757. The molecule has 1 aromatic heterocycles. The maximum absolute atomic E-state index is 13.0. The molecular weight excluding hydrogens is 546 g/mol. The predicted octanol–water partition coefficient (Wildman–Crippen LogP) is 5.23. The Bertz CT molecular complexity index is 861. The van der Waals surface area contributed by atoms with E-state index in [0.29, 0.717) is 55.0 Å². The van der Waals surface area contributed by atoms with Gasteiger partial charge >= 0.3 is 6.18 Å². The summed E-state index contributed by atoms with van der Waals surface area (Å²) in [5.74, 6) is 0.121. The highest BCUT2D eigenvalue weighted by Gasteiger charge is 2.42. The van der Waals surface area contributed by atoms with Crippen LogP contribution in [0.15, 0.2) is 33.8 Å². The van der Waals surface area contributed by atoms with E-state index in [4.69, 9.17) is 16.1 Å². The molecule has 1 saturated carbocycles. The predicted molar refractivity (Wildman–Crippen MR) is 125 cm³/mol. The van der Waals surface area contributed by atoms with Crippen LogP contribution >= 0.6 is 35.6 Å². The number of benzene rings is 1. The van der Waals surface area contributed by atoms with Gasteiger partial charge in [0, 0.05) is 29.6 Å². The zero-order valence-electron chi connectivity index (χ0n) is 17.1. The molecule has 1 fully saturated rings. The third-order valence-electron chi connectivity index (χ3n) is 4.97. The van der Waals surface area contributed by atoms with Gasteiger partial charge in [-0.25, -0.2) is 0 Å². The van der Waals surface area contributed by atoms with Crippen LogP contribution in [0.2, 0.25) is 5.02 Å². The first-order valence-electron chi connectivity index (χ1n) is 10.0. The molecule has 0 aliphatic heterocycles. The van der Waals surface area contributed by atoms with Crippen LogP contribution in [-0.4, -0.2) is 41.4 Å². The first-order valence-corrected chi connectivity index (χ1v) is 10.4. The molecule has 6 nitrogen and oxygen atoms in total. The molecule has 2 unspecified atom stereocenters. The molecule has 2 aromatic rings. The van der Waals surface area contributed by atoms with Gasteiger partial charge in [-0.05, 0) is 38.3 Å². The summed E-state index contributed by atoms with van der Waals surface area (Å²) < 4.78 is 44.4. The number of guanidine groups is 1. The summed E-state index contributed by atoms with van der Waals surface area (Å²) in [6, 6.07) is 6.91. The van der Waals surface area contributed by atoms with E-state index in [0.717, 1.165) is 5.56 Å². The summed E-state index contributed by atoms with van der Waals surface area (Å²) in [6.07, 6.45) is -2.21. The zero-order valence-corrected chi connectivity index (χ0v) is 20.2. The number of hydrogen-bond donors (Lipinski definition) is 2. The van der Waals surface area contributed by atoms with Gasteiger partial charge in [-0.1, -0.05) is 35.3 Å². The Hall–Kier alpha value is -1.56. The van der Waals surface area contributed by atoms with Gasteiger partial charge in [-0.2, -0.15) is 18.2 Å². The number of aliphatic imine (C=N–C) groups is 1. The zero-order chi connectivity index (χ0) is 21.6. The molecule has 1 aliphatic carbocycles. The third-order valence-corrected chi connectivity index (χ3v) is 5.20. The minimum atomic E-state index is -4.14. The van der Waals surface area contributed by atoms with Crippen molar-refractivity contribution in [1.29, 1.82) is 0 Å². The van der Waals surface area contributed by atoms with Gasteiger partial charge in [-0.3, -0.25) is 4.99 Å². The fourth-order valence-corrected chi connectivity index (χ4v) is 3.69. The van der Waals surface area contributed by atoms with Crippen LogP contribution in [0.1, 0.15) is 38.5 Å². The van der Waals surface area contributed by atoms with Gasteiger partial charge < -0.3 is 15.2 Å². The number of nitrogens with one attached hydrogen (secondary N) is 2. The van der Waals surface area contributed by atoms with Crippen molar-refractivity contribution >= 4 is 41.5 Å². The van der Waals surface area contributed by atoms with Crippen LogP contribution in [0, 0.1) is 5.92 Å². The SMILES string of the molecule is CCNC(=NCCc1nc(-c2cccc(Cl)c2)no1)NC1CCCC(C(F)(F)F)C1.I. The second-order valence-corrected chi connectivity index (χ2v) is 7.72. The Labute approximate surface area is 201 Å². The van der Waals surface area contributed by atoms with Crippen LogP contribution in [0.5, 0.6) is 0 Å². The Morgan fingerprint density at radius 3 is 2.84 bits per heavy atom. The smallest absolute Gasteiger partial charge is 0.357 e. The van der Waals surface area contributed by atoms with Crippen molar-refractivity contribution < 1.29 is 17.7 Å². The lowest BCUT2D eigenvalue weighted by atomic mass is 9.85. The lowest BCUT2D eigenvalue weighted by Crippen LogP contribution is -2.46. The van der Waals surface area contributed by atoms with E-state index in [9.17, 15) is 13.2 Å². The van der Waals surface area contributed by atoms with Crippen molar-refractivity contribution in [1.82, 2.24) is 20.8 Å². The minimum absolute atomic E-state index is 0. The average Bonchev–Trinajstić information content (AvgIpc) is 3.17. The Balaban J connectivity index is 0.00000341. The Morgan fingerprint density at radius 1 is 1.32 bits per heavy atom. The van der Waals surface area contributed by atoms with Crippen LogP contribution in [0.4, 0.5) is 13.2 Å². The maximum atomic E-state index is 13.0. The van der Waals surface area contributed by atoms with E-state index >= 15 is 0 Å². The molecular formula is C20H26ClF3IN5O. The first-order chi connectivity index (χ1) is 14.3. The van der Waals surface area contributed by atoms with E-state index < -0.39 is 12.1 Å². The van der Waals surface area contributed by atoms with Crippen molar-refractivity contribution in [3.05, 3.63) is 35.2 Å². The maximum Gasteiger partial charge on any atom is 0.391 e. The molecule has 2 atom stereocenters. The molecule has 0 saturated heterocycles. The van der Waals surface area contributed by atoms with Gasteiger partial charge in [0.15, 0.2) is 5.96 Å². The van der Waals surface area contributed by atoms with Crippen molar-refractivity contribution in [2.75, 3.05) is 13.1 Å². The van der Waals surface area contributed by atoms with Crippen LogP contribution < -0.4 is 10.6 Å². The number of nitrogens with zero attached hydrogens (tertiary/aromatic N) is 3. The average molecular weight is 572 g/mol. The largest absolute Gasteiger partial charge is 0.391 e. The Morgan fingerprint density at radius 2 is 2.13 bits per heavy atom. The highest BCUT2D eigenvalue weighted by molar-refractivity contribution is 14.0. The number of alkyl halides is 3. The number of rotatable bonds is 6. The van der Waals surface area contributed by atoms with Gasteiger partial charge in [0.05, 0.1) is 12.5 Å². The van der Waals surface area contributed by atoms with E-state index in [-0.39, 0.29) is 42.9 Å². The molecule has 0 spiro atoms. The number of hydrogen-bond acceptors (Lipinski definition) is 4. The highest BCUT2D eigenvalue weighted by Crippen LogP contribution is 2.37. The Kier molecular flexibility index (Phi) is 9.86. The lowest BCUT2D eigenvalue weighted by Gasteiger charge is -2.31. The summed E-state index contributed by atoms with van der Waals surface area (Å²) in [4.78, 5) is 8.80. The van der Waals surface area contributed by atoms with Gasteiger partial charge in [0.1, 0.15) is 0 Å². The number of halogens is 5. The topological polar surface area (TPSA) is 75.3 Å². The van der Waals surface area contributed by atoms with Crippen LogP contribution in [-0.2, 0) is 6.42 Å². The quantitative estimate of drug-likeness (QED) is 0.282. The summed E-state index contributed by atoms with van der Waals surface area (Å²) >= 11 is 5.98. The molecule has 0 bridgehead atoms. The van der Waals surface area contributed by atoms with Crippen molar-refractivity contribution in [2.45, 2.75) is 51.2 Å². The summed E-state index contributed by atoms with van der Waals surface area (Å²) in [7, 11) is 0. The molecule has 172 valence electrons. The van der Waals surface area contributed by atoms with Crippen LogP contribution in [0.3, 0.4) is 0 Å². The van der Waals surface area contributed by atoms with E-state index in [2.05, 4.69) is 25.8 Å². The van der Waals surface area contributed by atoms with Crippen molar-refractivity contribution in [2.24, 2.45) is 10.9 Å². The standard InChI is InChI=1S/C20H25ClF3N5O.HI/c1-2-25-19(27-16-8-4-6-14(12-16)20(22,23)24)26-10-9-17-28-18(29-30-17)13-5-3-7-15(21)11-13;/h3,5,7,11,14,16H,2,4,6,8-10,12H2,1H3,(H2,25,26,27);1H. The first kappa shape index (κ1) is 25.7. The van der Waals surface area contributed by atoms with E-state index in [1.54, 1.807) is 18.2 Å². The normalized spacial score (nSPS) is 19.6. The van der Waals surface area contributed by atoms with Gasteiger partial charge in [-0.15, -0.1) is 24.0 Å². The van der Waals surface area contributed by atoms with Gasteiger partial charge in [0.25, 0.3) is 0 Å². The molecule has 1 aliphatic rings. The second-order valence-electron chi connectivity index (χ2n) is 7.28. The summed E-state index contributed by atoms with van der Waals surface area (Å²) in [6.45, 7) is 2.88. The van der Waals surface area contributed by atoms with E-state index in [1.807, 2.05) is 13.0 Å². The third kappa shape index (κ3) is 7.81. The fraction of sp³-hybridized carbons (Fsp3) is 0.550. The molecule has 31 heavy (non-hydrogen) atoms. The summed E-state index contributed by atoms with van der Waals surface area (Å²) in [5, 5.41) is 10.8. The van der Waals surface area contributed by atoms with E-state index in [1.165, 1.54) is 0 Å². The lowest BCUT2D eigenvalue weighted by molar-refractivity contribution is -0.183. The molecule has 1 heterocycles. The molecule has 0 amide bonds. The molecule has 1 aromatic carbocycles. The molecule has 0 radical (unpaired) electrons. The second kappa shape index (κ2) is 11.9. The monoisotopic (exact) mass is 571 g/mol. The molecule has 11 heteroatoms. The number of aromatic nitrogens is 2. The van der Waals surface area contributed by atoms with Crippen LogP contribution in [0.25, 0.3) is 11.4 Å². The van der Waals surface area contributed by atoms with Crippen molar-refractivity contribution in [3.63, 3.8) is 0 Å². The fourth-order valence-electron chi connectivity index (χ4n) is 3.50. The highest BCUT2D eigenvalue weighted by atomic mass is 127. The minimum Gasteiger partial charge on any atom is -0.357 e. The molecule has 2 N–H and O–H groups in total. The molecule has 3 rings (SSSR count). The van der Waals surface area contributed by atoms with Gasteiger partial charge in [0.2, 0.25) is 11.7 Å². The van der Waals surface area contributed by atoms with Crippen molar-refractivity contribution in [3.8, 4) is 11.4 Å².